The standard InChI is InChI=1S/C16H13F2N3OS/c1-10-2-5-12(6-3-10)19-15-20-16(22)21(23-15)9-11-4-7-13(17)14(18)8-11/h2-8H,9H2,1H3,(H,19,20,22). The van der Waals surface area contributed by atoms with Crippen LogP contribution in [0.3, 0.4) is 0 Å². The van der Waals surface area contributed by atoms with E-state index < -0.39 is 17.3 Å². The van der Waals surface area contributed by atoms with Crippen LogP contribution in [0.25, 0.3) is 0 Å². The number of anilines is 2. The summed E-state index contributed by atoms with van der Waals surface area (Å²) in [6.45, 7) is 2.13. The van der Waals surface area contributed by atoms with Crippen LogP contribution in [0.2, 0.25) is 0 Å². The zero-order chi connectivity index (χ0) is 16.4. The predicted molar refractivity (Wildman–Crippen MR) is 86.3 cm³/mol. The number of aryl methyl sites for hydroxylation is 1. The highest BCUT2D eigenvalue weighted by atomic mass is 32.1. The number of aromatic nitrogens is 2. The number of hydrogen-bond acceptors (Lipinski definition) is 4. The van der Waals surface area contributed by atoms with Gasteiger partial charge >= 0.3 is 5.69 Å². The first kappa shape index (κ1) is 15.4. The fourth-order valence-electron chi connectivity index (χ4n) is 2.02. The third-order valence-electron chi connectivity index (χ3n) is 3.22. The Labute approximate surface area is 135 Å². The van der Waals surface area contributed by atoms with Gasteiger partial charge in [-0.05, 0) is 48.3 Å². The molecule has 3 aromatic rings. The molecule has 23 heavy (non-hydrogen) atoms. The first-order valence-electron chi connectivity index (χ1n) is 6.87. The van der Waals surface area contributed by atoms with E-state index in [1.54, 1.807) is 0 Å². The second-order valence-corrected chi connectivity index (χ2v) is 6.08. The fraction of sp³-hybridized carbons (Fsp3) is 0.125. The van der Waals surface area contributed by atoms with Gasteiger partial charge in [-0.2, -0.15) is 4.98 Å². The van der Waals surface area contributed by atoms with Crippen LogP contribution in [0.1, 0.15) is 11.1 Å². The van der Waals surface area contributed by atoms with Crippen LogP contribution in [-0.2, 0) is 6.54 Å². The molecule has 0 aliphatic carbocycles. The molecule has 1 aromatic heterocycles. The maximum Gasteiger partial charge on any atom is 0.360 e. The van der Waals surface area contributed by atoms with Gasteiger partial charge in [-0.15, -0.1) is 0 Å². The van der Waals surface area contributed by atoms with Crippen molar-refractivity contribution in [3.63, 3.8) is 0 Å². The van der Waals surface area contributed by atoms with Gasteiger partial charge in [0.15, 0.2) is 11.6 Å². The molecular weight excluding hydrogens is 320 g/mol. The van der Waals surface area contributed by atoms with Crippen molar-refractivity contribution in [1.29, 1.82) is 0 Å². The summed E-state index contributed by atoms with van der Waals surface area (Å²) in [5, 5.41) is 3.50. The molecule has 7 heteroatoms. The minimum atomic E-state index is -0.932. The van der Waals surface area contributed by atoms with Crippen molar-refractivity contribution in [3.8, 4) is 0 Å². The Hall–Kier alpha value is -2.54. The van der Waals surface area contributed by atoms with Crippen LogP contribution in [0.5, 0.6) is 0 Å². The number of nitrogens with one attached hydrogen (secondary N) is 1. The molecule has 0 bridgehead atoms. The smallest absolute Gasteiger partial charge is 0.330 e. The number of nitrogens with zero attached hydrogens (tertiary/aromatic N) is 2. The fourth-order valence-corrected chi connectivity index (χ4v) is 2.85. The van der Waals surface area contributed by atoms with Crippen molar-refractivity contribution in [2.24, 2.45) is 0 Å². The molecule has 0 saturated heterocycles. The first-order chi connectivity index (χ1) is 11.0. The van der Waals surface area contributed by atoms with Crippen LogP contribution in [0.4, 0.5) is 19.6 Å². The highest BCUT2D eigenvalue weighted by Gasteiger charge is 2.09. The molecule has 1 heterocycles. The summed E-state index contributed by atoms with van der Waals surface area (Å²) in [4.78, 5) is 15.8. The molecule has 0 unspecified atom stereocenters. The van der Waals surface area contributed by atoms with Gasteiger partial charge in [-0.3, -0.25) is 0 Å². The summed E-state index contributed by atoms with van der Waals surface area (Å²) >= 11 is 1.13. The normalized spacial score (nSPS) is 10.7. The minimum Gasteiger partial charge on any atom is -0.330 e. The summed E-state index contributed by atoms with van der Waals surface area (Å²) < 4.78 is 27.5. The Morgan fingerprint density at radius 2 is 1.87 bits per heavy atom. The van der Waals surface area contributed by atoms with Gasteiger partial charge in [0, 0.05) is 5.69 Å². The lowest BCUT2D eigenvalue weighted by atomic mass is 10.2. The van der Waals surface area contributed by atoms with Gasteiger partial charge in [0.25, 0.3) is 0 Å². The molecule has 0 fully saturated rings. The van der Waals surface area contributed by atoms with Gasteiger partial charge in [-0.25, -0.2) is 17.5 Å². The third-order valence-corrected chi connectivity index (χ3v) is 4.09. The summed E-state index contributed by atoms with van der Waals surface area (Å²) in [5.74, 6) is -1.84. The topological polar surface area (TPSA) is 46.9 Å². The lowest BCUT2D eigenvalue weighted by Crippen LogP contribution is -2.15. The van der Waals surface area contributed by atoms with E-state index in [4.69, 9.17) is 0 Å². The molecule has 0 amide bonds. The summed E-state index contributed by atoms with van der Waals surface area (Å²) in [5.41, 5.74) is 2.02. The van der Waals surface area contributed by atoms with Crippen molar-refractivity contribution in [1.82, 2.24) is 8.94 Å². The zero-order valence-electron chi connectivity index (χ0n) is 12.2. The highest BCUT2D eigenvalue weighted by molar-refractivity contribution is 7.10. The molecule has 3 rings (SSSR count). The van der Waals surface area contributed by atoms with Crippen LogP contribution < -0.4 is 11.0 Å². The van der Waals surface area contributed by atoms with Gasteiger partial charge in [0.05, 0.1) is 6.54 Å². The van der Waals surface area contributed by atoms with Crippen LogP contribution in [-0.4, -0.2) is 8.94 Å². The number of hydrogen-bond donors (Lipinski definition) is 1. The van der Waals surface area contributed by atoms with E-state index in [-0.39, 0.29) is 6.54 Å². The molecular formula is C16H13F2N3OS. The summed E-state index contributed by atoms with van der Waals surface area (Å²) in [7, 11) is 0. The van der Waals surface area contributed by atoms with E-state index in [1.165, 1.54) is 10.0 Å². The number of rotatable bonds is 4. The van der Waals surface area contributed by atoms with Crippen molar-refractivity contribution < 1.29 is 8.78 Å². The maximum atomic E-state index is 13.2. The Morgan fingerprint density at radius 1 is 1.13 bits per heavy atom. The van der Waals surface area contributed by atoms with Crippen LogP contribution >= 0.6 is 11.5 Å². The maximum absolute atomic E-state index is 13.2. The van der Waals surface area contributed by atoms with E-state index in [0.29, 0.717) is 10.7 Å². The van der Waals surface area contributed by atoms with E-state index in [2.05, 4.69) is 10.3 Å². The molecule has 0 saturated carbocycles. The average molecular weight is 333 g/mol. The Bertz CT molecular complexity index is 887. The first-order valence-corrected chi connectivity index (χ1v) is 7.64. The average Bonchev–Trinajstić information content (AvgIpc) is 2.85. The SMILES string of the molecule is Cc1ccc(Nc2nc(=O)n(Cc3ccc(F)c(F)c3)s2)cc1. The van der Waals surface area contributed by atoms with E-state index >= 15 is 0 Å². The van der Waals surface area contributed by atoms with Crippen molar-refractivity contribution >= 4 is 22.4 Å². The largest absolute Gasteiger partial charge is 0.360 e. The van der Waals surface area contributed by atoms with E-state index in [1.807, 2.05) is 31.2 Å². The molecule has 2 aromatic carbocycles. The predicted octanol–water partition coefficient (Wildman–Crippen LogP) is 3.68. The molecule has 4 nitrogen and oxygen atoms in total. The Kier molecular flexibility index (Phi) is 4.20. The molecule has 1 N–H and O–H groups in total. The monoisotopic (exact) mass is 333 g/mol. The van der Waals surface area contributed by atoms with Crippen molar-refractivity contribution in [2.75, 3.05) is 5.32 Å². The van der Waals surface area contributed by atoms with E-state index in [0.717, 1.165) is 34.9 Å². The third kappa shape index (κ3) is 3.62. The van der Waals surface area contributed by atoms with Crippen molar-refractivity contribution in [3.05, 3.63) is 75.7 Å². The summed E-state index contributed by atoms with van der Waals surface area (Å²) in [6, 6.07) is 11.2. The molecule has 0 spiro atoms. The number of halogens is 2. The quantitative estimate of drug-likeness (QED) is 0.792. The van der Waals surface area contributed by atoms with Crippen LogP contribution in [0, 0.1) is 18.6 Å². The molecule has 0 aliphatic heterocycles. The zero-order valence-corrected chi connectivity index (χ0v) is 13.0. The lowest BCUT2D eigenvalue weighted by molar-refractivity contribution is 0.506. The van der Waals surface area contributed by atoms with Gasteiger partial charge in [0.1, 0.15) is 0 Å². The van der Waals surface area contributed by atoms with Gasteiger partial charge in [-0.1, -0.05) is 23.8 Å². The second kappa shape index (κ2) is 6.29. The Balaban J connectivity index is 1.79. The van der Waals surface area contributed by atoms with Crippen molar-refractivity contribution in [2.45, 2.75) is 13.5 Å². The molecule has 0 atom stereocenters. The minimum absolute atomic E-state index is 0.142. The summed E-state index contributed by atoms with van der Waals surface area (Å²) in [6.07, 6.45) is 0. The van der Waals surface area contributed by atoms with Gasteiger partial charge < -0.3 is 5.32 Å². The van der Waals surface area contributed by atoms with E-state index in [9.17, 15) is 13.6 Å². The molecule has 0 radical (unpaired) electrons. The van der Waals surface area contributed by atoms with Crippen LogP contribution in [0.15, 0.2) is 47.3 Å². The molecule has 0 aliphatic rings. The number of benzene rings is 2. The Morgan fingerprint density at radius 3 is 2.57 bits per heavy atom. The highest BCUT2D eigenvalue weighted by Crippen LogP contribution is 2.19. The van der Waals surface area contributed by atoms with Gasteiger partial charge in [0.2, 0.25) is 5.13 Å². The molecule has 118 valence electrons. The lowest BCUT2D eigenvalue weighted by Gasteiger charge is -2.03. The second-order valence-electron chi connectivity index (χ2n) is 5.07.